The smallest absolute Gasteiger partial charge is 0.350 e. The lowest BCUT2D eigenvalue weighted by Gasteiger charge is -2.22. The topological polar surface area (TPSA) is 30.5 Å². The zero-order chi connectivity index (χ0) is 15.5. The highest BCUT2D eigenvalue weighted by Gasteiger charge is 2.35. The molecule has 1 atom stereocenters. The Kier molecular flexibility index (Phi) is 5.18. The van der Waals surface area contributed by atoms with Gasteiger partial charge in [-0.1, -0.05) is 13.0 Å². The van der Waals surface area contributed by atoms with Crippen molar-refractivity contribution in [2.75, 3.05) is 19.8 Å². The van der Waals surface area contributed by atoms with Crippen molar-refractivity contribution in [3.8, 4) is 0 Å². The van der Waals surface area contributed by atoms with Gasteiger partial charge >= 0.3 is 6.18 Å². The molecule has 1 N–H and O–H groups in total. The van der Waals surface area contributed by atoms with Gasteiger partial charge in [-0.15, -0.1) is 0 Å². The van der Waals surface area contributed by atoms with Crippen LogP contribution in [0.25, 0.3) is 0 Å². The fourth-order valence-corrected chi connectivity index (χ4v) is 2.30. The van der Waals surface area contributed by atoms with E-state index in [4.69, 9.17) is 9.47 Å². The van der Waals surface area contributed by atoms with E-state index in [1.54, 1.807) is 0 Å². The van der Waals surface area contributed by atoms with E-state index in [0.29, 0.717) is 31.7 Å². The number of rotatable bonds is 5. The van der Waals surface area contributed by atoms with Crippen LogP contribution in [0.15, 0.2) is 18.2 Å². The number of halogens is 4. The maximum Gasteiger partial charge on any atom is 0.419 e. The molecule has 3 nitrogen and oxygen atoms in total. The molecular weight excluding hydrogens is 290 g/mol. The van der Waals surface area contributed by atoms with Crippen molar-refractivity contribution in [1.29, 1.82) is 0 Å². The minimum atomic E-state index is -4.71. The summed E-state index contributed by atoms with van der Waals surface area (Å²) in [6.45, 7) is 3.36. The molecule has 0 amide bonds. The van der Waals surface area contributed by atoms with E-state index in [-0.39, 0.29) is 6.04 Å². The van der Waals surface area contributed by atoms with Gasteiger partial charge in [0, 0.05) is 12.5 Å². The summed E-state index contributed by atoms with van der Waals surface area (Å²) in [5.41, 5.74) is -0.888. The van der Waals surface area contributed by atoms with Crippen molar-refractivity contribution in [2.24, 2.45) is 0 Å². The van der Waals surface area contributed by atoms with Crippen molar-refractivity contribution in [3.63, 3.8) is 0 Å². The van der Waals surface area contributed by atoms with Crippen LogP contribution in [0.2, 0.25) is 0 Å². The third-order valence-electron chi connectivity index (χ3n) is 3.27. The van der Waals surface area contributed by atoms with Crippen LogP contribution in [0.4, 0.5) is 17.6 Å². The van der Waals surface area contributed by atoms with Crippen molar-refractivity contribution in [1.82, 2.24) is 5.32 Å². The van der Waals surface area contributed by atoms with E-state index in [2.05, 4.69) is 5.32 Å². The summed E-state index contributed by atoms with van der Waals surface area (Å²) in [6, 6.07) is 2.66. The average molecular weight is 307 g/mol. The number of ether oxygens (including phenoxy) is 2. The first-order valence-electron chi connectivity index (χ1n) is 6.75. The van der Waals surface area contributed by atoms with Gasteiger partial charge in [-0.05, 0) is 24.2 Å². The standard InChI is InChI=1S/C14H17F4NO2/c1-2-19-12(8-13-20-5-6-21-13)9-3-4-11(15)10(7-9)14(16,17)18/h3-4,7,12-13,19H,2,5-6,8H2,1H3. The van der Waals surface area contributed by atoms with Gasteiger partial charge < -0.3 is 14.8 Å². The third-order valence-corrected chi connectivity index (χ3v) is 3.27. The highest BCUT2D eigenvalue weighted by molar-refractivity contribution is 5.29. The highest BCUT2D eigenvalue weighted by Crippen LogP contribution is 2.34. The third kappa shape index (κ3) is 4.15. The molecule has 1 saturated heterocycles. The number of alkyl halides is 3. The Morgan fingerprint density at radius 2 is 1.95 bits per heavy atom. The molecule has 7 heteroatoms. The van der Waals surface area contributed by atoms with E-state index in [9.17, 15) is 17.6 Å². The van der Waals surface area contributed by atoms with Crippen LogP contribution in [0.1, 0.15) is 30.5 Å². The van der Waals surface area contributed by atoms with Crippen LogP contribution in [0, 0.1) is 5.82 Å². The summed E-state index contributed by atoms with van der Waals surface area (Å²) in [6.07, 6.45) is -4.79. The van der Waals surface area contributed by atoms with Crippen LogP contribution >= 0.6 is 0 Å². The molecule has 0 aromatic heterocycles. The Bertz CT molecular complexity index is 473. The second-order valence-corrected chi connectivity index (χ2v) is 4.75. The summed E-state index contributed by atoms with van der Waals surface area (Å²) >= 11 is 0. The van der Waals surface area contributed by atoms with E-state index < -0.39 is 23.8 Å². The van der Waals surface area contributed by atoms with Gasteiger partial charge in [0.2, 0.25) is 0 Å². The van der Waals surface area contributed by atoms with Gasteiger partial charge in [0.05, 0.1) is 18.8 Å². The van der Waals surface area contributed by atoms with Gasteiger partial charge in [0.1, 0.15) is 5.82 Å². The number of hydrogen-bond acceptors (Lipinski definition) is 3. The Morgan fingerprint density at radius 3 is 2.52 bits per heavy atom. The lowest BCUT2D eigenvalue weighted by atomic mass is 10.00. The normalized spacial score (nSPS) is 18.1. The zero-order valence-electron chi connectivity index (χ0n) is 11.5. The minimum Gasteiger partial charge on any atom is -0.350 e. The molecular formula is C14H17F4NO2. The monoisotopic (exact) mass is 307 g/mol. The minimum absolute atomic E-state index is 0.365. The summed E-state index contributed by atoms with van der Waals surface area (Å²) in [7, 11) is 0. The zero-order valence-corrected chi connectivity index (χ0v) is 11.5. The Labute approximate surface area is 120 Å². The quantitative estimate of drug-likeness (QED) is 0.847. The Morgan fingerprint density at radius 1 is 1.29 bits per heavy atom. The molecule has 0 radical (unpaired) electrons. The summed E-state index contributed by atoms with van der Waals surface area (Å²) in [4.78, 5) is 0. The first-order valence-corrected chi connectivity index (χ1v) is 6.75. The summed E-state index contributed by atoms with van der Waals surface area (Å²) in [5.74, 6) is -1.27. The molecule has 0 bridgehead atoms. The van der Waals surface area contributed by atoms with Crippen LogP contribution < -0.4 is 5.32 Å². The summed E-state index contributed by atoms with van der Waals surface area (Å²) in [5, 5.41) is 3.07. The van der Waals surface area contributed by atoms with Gasteiger partial charge in [-0.3, -0.25) is 0 Å². The van der Waals surface area contributed by atoms with Gasteiger partial charge in [-0.2, -0.15) is 13.2 Å². The van der Waals surface area contributed by atoms with Crippen molar-refractivity contribution < 1.29 is 27.0 Å². The molecule has 1 aromatic carbocycles. The molecule has 0 aliphatic carbocycles. The Hall–Kier alpha value is -1.18. The van der Waals surface area contributed by atoms with Gasteiger partial charge in [0.15, 0.2) is 6.29 Å². The molecule has 1 aliphatic rings. The highest BCUT2D eigenvalue weighted by atomic mass is 19.4. The molecule has 1 fully saturated rings. The van der Waals surface area contributed by atoms with Crippen LogP contribution in [0.5, 0.6) is 0 Å². The molecule has 0 saturated carbocycles. The molecule has 1 unspecified atom stereocenters. The van der Waals surface area contributed by atoms with Crippen molar-refractivity contribution in [2.45, 2.75) is 31.9 Å². The first-order chi connectivity index (χ1) is 9.91. The molecule has 1 aliphatic heterocycles. The lowest BCUT2D eigenvalue weighted by Crippen LogP contribution is -2.26. The fourth-order valence-electron chi connectivity index (χ4n) is 2.30. The maximum absolute atomic E-state index is 13.3. The summed E-state index contributed by atoms with van der Waals surface area (Å²) < 4.78 is 62.3. The molecule has 2 rings (SSSR count). The predicted molar refractivity (Wildman–Crippen MR) is 68.1 cm³/mol. The average Bonchev–Trinajstić information content (AvgIpc) is 2.90. The largest absolute Gasteiger partial charge is 0.419 e. The SMILES string of the molecule is CCNC(CC1OCCO1)c1ccc(F)c(C(F)(F)F)c1. The van der Waals surface area contributed by atoms with Crippen LogP contribution in [-0.2, 0) is 15.7 Å². The molecule has 21 heavy (non-hydrogen) atoms. The predicted octanol–water partition coefficient (Wildman–Crippen LogP) is 3.26. The molecule has 118 valence electrons. The first kappa shape index (κ1) is 16.2. The fraction of sp³-hybridized carbons (Fsp3) is 0.571. The molecule has 0 spiro atoms. The second kappa shape index (κ2) is 6.72. The van der Waals surface area contributed by atoms with E-state index in [0.717, 1.165) is 12.1 Å². The van der Waals surface area contributed by atoms with Crippen LogP contribution in [-0.4, -0.2) is 26.0 Å². The van der Waals surface area contributed by atoms with Crippen molar-refractivity contribution >= 4 is 0 Å². The second-order valence-electron chi connectivity index (χ2n) is 4.75. The number of nitrogens with one attached hydrogen (secondary N) is 1. The number of benzene rings is 1. The Balaban J connectivity index is 2.22. The van der Waals surface area contributed by atoms with E-state index in [1.807, 2.05) is 6.92 Å². The number of hydrogen-bond donors (Lipinski definition) is 1. The lowest BCUT2D eigenvalue weighted by molar-refractivity contribution is -0.140. The van der Waals surface area contributed by atoms with Gasteiger partial charge in [0.25, 0.3) is 0 Å². The van der Waals surface area contributed by atoms with E-state index >= 15 is 0 Å². The molecule has 1 heterocycles. The van der Waals surface area contributed by atoms with Gasteiger partial charge in [-0.25, -0.2) is 4.39 Å². The molecule has 1 aromatic rings. The van der Waals surface area contributed by atoms with E-state index in [1.165, 1.54) is 6.07 Å². The van der Waals surface area contributed by atoms with Crippen molar-refractivity contribution in [3.05, 3.63) is 35.1 Å². The van der Waals surface area contributed by atoms with Crippen LogP contribution in [0.3, 0.4) is 0 Å². The maximum atomic E-state index is 13.3.